The summed E-state index contributed by atoms with van der Waals surface area (Å²) in [5.41, 5.74) is 4.57. The van der Waals surface area contributed by atoms with Gasteiger partial charge in [-0.05, 0) is 60.4 Å². The molecule has 1 atom stereocenters. The van der Waals surface area contributed by atoms with Gasteiger partial charge < -0.3 is 19.7 Å². The van der Waals surface area contributed by atoms with Crippen LogP contribution in [0.5, 0.6) is 11.5 Å². The fourth-order valence-electron chi connectivity index (χ4n) is 4.62. The van der Waals surface area contributed by atoms with Crippen LogP contribution in [0.15, 0.2) is 72.8 Å². The van der Waals surface area contributed by atoms with Crippen molar-refractivity contribution in [3.8, 4) is 22.6 Å². The normalized spacial score (nSPS) is 12.9. The van der Waals surface area contributed by atoms with Crippen LogP contribution in [0.3, 0.4) is 0 Å². The number of benzene rings is 3. The Morgan fingerprint density at radius 2 is 1.76 bits per heavy atom. The fourth-order valence-corrected chi connectivity index (χ4v) is 4.62. The molecule has 0 saturated heterocycles. The third-order valence-corrected chi connectivity index (χ3v) is 7.02. The summed E-state index contributed by atoms with van der Waals surface area (Å²) in [7, 11) is 1.90. The molecule has 1 aromatic heterocycles. The molecule has 37 heavy (non-hydrogen) atoms. The van der Waals surface area contributed by atoms with E-state index >= 15 is 0 Å². The first-order chi connectivity index (χ1) is 18.0. The summed E-state index contributed by atoms with van der Waals surface area (Å²) in [6, 6.07) is 24.2. The van der Waals surface area contributed by atoms with E-state index in [4.69, 9.17) is 14.5 Å². The molecule has 190 valence electrons. The van der Waals surface area contributed by atoms with Gasteiger partial charge in [0.2, 0.25) is 6.79 Å². The van der Waals surface area contributed by atoms with Gasteiger partial charge in [-0.2, -0.15) is 0 Å². The average molecular weight is 496 g/mol. The Labute approximate surface area is 218 Å². The van der Waals surface area contributed by atoms with E-state index in [-0.39, 0.29) is 18.7 Å². The smallest absolute Gasteiger partial charge is 0.254 e. The van der Waals surface area contributed by atoms with Gasteiger partial charge in [-0.25, -0.2) is 4.98 Å². The van der Waals surface area contributed by atoms with Gasteiger partial charge in [0.1, 0.15) is 5.82 Å². The van der Waals surface area contributed by atoms with Crippen molar-refractivity contribution < 1.29 is 14.3 Å². The minimum Gasteiger partial charge on any atom is -0.454 e. The first-order valence-corrected chi connectivity index (χ1v) is 12.9. The molecule has 1 N–H and O–H groups in total. The van der Waals surface area contributed by atoms with Crippen molar-refractivity contribution in [2.75, 3.05) is 19.2 Å². The molecular formula is C31H33N3O3. The number of ether oxygens (including phenoxy) is 2. The Kier molecular flexibility index (Phi) is 7.26. The molecule has 0 saturated carbocycles. The number of amides is 1. The number of anilines is 1. The number of hydrogen-bond donors (Lipinski definition) is 1. The quantitative estimate of drug-likeness (QED) is 0.274. The van der Waals surface area contributed by atoms with Gasteiger partial charge in [-0.3, -0.25) is 4.79 Å². The van der Waals surface area contributed by atoms with E-state index in [1.54, 1.807) is 0 Å². The second-order valence-corrected chi connectivity index (χ2v) is 9.60. The zero-order chi connectivity index (χ0) is 25.8. The monoisotopic (exact) mass is 495 g/mol. The SMILES string of the molecule is CCCC[C@@H](C)N(C)C(=O)c1cc(NCc2ccccc2)nc2ccc(-c3ccc4c(c3)OCO4)cc12. The van der Waals surface area contributed by atoms with Gasteiger partial charge in [0.05, 0.1) is 11.1 Å². The second kappa shape index (κ2) is 10.9. The van der Waals surface area contributed by atoms with Crippen molar-refractivity contribution in [3.63, 3.8) is 0 Å². The Morgan fingerprint density at radius 3 is 2.57 bits per heavy atom. The predicted octanol–water partition coefficient (Wildman–Crippen LogP) is 6.89. The number of carbonyl (C=O) groups is 1. The molecule has 0 spiro atoms. The van der Waals surface area contributed by atoms with Crippen LogP contribution in [-0.2, 0) is 6.54 Å². The molecule has 0 unspecified atom stereocenters. The van der Waals surface area contributed by atoms with Gasteiger partial charge >= 0.3 is 0 Å². The molecule has 1 aliphatic rings. The lowest BCUT2D eigenvalue weighted by atomic mass is 9.99. The highest BCUT2D eigenvalue weighted by molar-refractivity contribution is 6.08. The van der Waals surface area contributed by atoms with E-state index < -0.39 is 0 Å². The highest BCUT2D eigenvalue weighted by Crippen LogP contribution is 2.37. The zero-order valence-electron chi connectivity index (χ0n) is 21.7. The Morgan fingerprint density at radius 1 is 1.00 bits per heavy atom. The number of nitrogens with zero attached hydrogens (tertiary/aromatic N) is 2. The largest absolute Gasteiger partial charge is 0.454 e. The molecule has 4 aromatic rings. The van der Waals surface area contributed by atoms with Crippen LogP contribution >= 0.6 is 0 Å². The van der Waals surface area contributed by atoms with Crippen LogP contribution in [0.2, 0.25) is 0 Å². The van der Waals surface area contributed by atoms with Gasteiger partial charge in [-0.1, -0.05) is 62.2 Å². The Balaban J connectivity index is 1.53. The van der Waals surface area contributed by atoms with Crippen LogP contribution in [0.4, 0.5) is 5.82 Å². The number of hydrogen-bond acceptors (Lipinski definition) is 5. The molecule has 5 rings (SSSR count). The maximum atomic E-state index is 13.8. The molecule has 2 heterocycles. The molecule has 6 nitrogen and oxygen atoms in total. The van der Waals surface area contributed by atoms with Crippen molar-refractivity contribution in [2.24, 2.45) is 0 Å². The minimum absolute atomic E-state index is 0.00148. The van der Waals surface area contributed by atoms with Crippen LogP contribution in [0.1, 0.15) is 49.0 Å². The molecule has 1 amide bonds. The average Bonchev–Trinajstić information content (AvgIpc) is 3.42. The highest BCUT2D eigenvalue weighted by Gasteiger charge is 2.22. The molecule has 0 aliphatic carbocycles. The van der Waals surface area contributed by atoms with E-state index in [0.717, 1.165) is 58.4 Å². The van der Waals surface area contributed by atoms with Gasteiger partial charge in [0, 0.05) is 25.0 Å². The van der Waals surface area contributed by atoms with Crippen molar-refractivity contribution in [2.45, 2.75) is 45.7 Å². The van der Waals surface area contributed by atoms with Crippen molar-refractivity contribution in [3.05, 3.63) is 83.9 Å². The number of unbranched alkanes of at least 4 members (excludes halogenated alkanes) is 1. The third-order valence-electron chi connectivity index (χ3n) is 7.02. The number of carbonyl (C=O) groups excluding carboxylic acids is 1. The lowest BCUT2D eigenvalue weighted by Gasteiger charge is -2.26. The molecule has 6 heteroatoms. The van der Waals surface area contributed by atoms with E-state index in [1.165, 1.54) is 0 Å². The molecule has 3 aromatic carbocycles. The number of pyridine rings is 1. The summed E-state index contributed by atoms with van der Waals surface area (Å²) < 4.78 is 11.0. The predicted molar refractivity (Wildman–Crippen MR) is 148 cm³/mol. The summed E-state index contributed by atoms with van der Waals surface area (Å²) in [6.45, 7) is 5.15. The summed E-state index contributed by atoms with van der Waals surface area (Å²) in [5, 5.41) is 4.25. The molecule has 1 aliphatic heterocycles. The number of rotatable bonds is 9. The standard InChI is InChI=1S/C31H33N3O3/c1-4-5-9-21(2)34(3)31(35)26-18-30(32-19-22-10-7-6-8-11-22)33-27-14-12-23(16-25(26)27)24-13-15-28-29(17-24)37-20-36-28/h6-8,10-18,21H,4-5,9,19-20H2,1-3H3,(H,32,33)/t21-/m1/s1. The summed E-state index contributed by atoms with van der Waals surface area (Å²) in [5.74, 6) is 2.17. The van der Waals surface area contributed by atoms with E-state index in [2.05, 4.69) is 37.4 Å². The zero-order valence-corrected chi connectivity index (χ0v) is 21.7. The van der Waals surface area contributed by atoms with E-state index in [0.29, 0.717) is 17.9 Å². The molecule has 0 bridgehead atoms. The number of aromatic nitrogens is 1. The van der Waals surface area contributed by atoms with E-state index in [1.807, 2.05) is 66.5 Å². The first-order valence-electron chi connectivity index (χ1n) is 12.9. The topological polar surface area (TPSA) is 63.7 Å². The van der Waals surface area contributed by atoms with Gasteiger partial charge in [0.15, 0.2) is 11.5 Å². The van der Waals surface area contributed by atoms with Crippen molar-refractivity contribution >= 4 is 22.6 Å². The summed E-state index contributed by atoms with van der Waals surface area (Å²) >= 11 is 0. The van der Waals surface area contributed by atoms with Gasteiger partial charge in [0.25, 0.3) is 5.91 Å². The third kappa shape index (κ3) is 5.38. The van der Waals surface area contributed by atoms with Crippen LogP contribution < -0.4 is 14.8 Å². The lowest BCUT2D eigenvalue weighted by Crippen LogP contribution is -2.35. The maximum Gasteiger partial charge on any atom is 0.254 e. The van der Waals surface area contributed by atoms with Crippen molar-refractivity contribution in [1.82, 2.24) is 9.88 Å². The highest BCUT2D eigenvalue weighted by atomic mass is 16.7. The van der Waals surface area contributed by atoms with E-state index in [9.17, 15) is 4.79 Å². The first kappa shape index (κ1) is 24.6. The lowest BCUT2D eigenvalue weighted by molar-refractivity contribution is 0.0737. The van der Waals surface area contributed by atoms with Crippen LogP contribution in [0, 0.1) is 0 Å². The second-order valence-electron chi connectivity index (χ2n) is 9.60. The van der Waals surface area contributed by atoms with Gasteiger partial charge in [-0.15, -0.1) is 0 Å². The van der Waals surface area contributed by atoms with Crippen molar-refractivity contribution in [1.29, 1.82) is 0 Å². The molecule has 0 fully saturated rings. The maximum absolute atomic E-state index is 13.8. The van der Waals surface area contributed by atoms with Crippen LogP contribution in [0.25, 0.3) is 22.0 Å². The summed E-state index contributed by atoms with van der Waals surface area (Å²) in [6.07, 6.45) is 3.17. The Bertz CT molecular complexity index is 1400. The Hall–Kier alpha value is -4.06. The number of fused-ring (bicyclic) bond motifs is 2. The molecule has 0 radical (unpaired) electrons. The fraction of sp³-hybridized carbons (Fsp3) is 0.290. The number of nitrogens with one attached hydrogen (secondary N) is 1. The summed E-state index contributed by atoms with van der Waals surface area (Å²) in [4.78, 5) is 20.5. The molecular weight excluding hydrogens is 462 g/mol. The van der Waals surface area contributed by atoms with Crippen LogP contribution in [-0.4, -0.2) is 35.7 Å². The minimum atomic E-state index is 0.00148.